The maximum absolute atomic E-state index is 13.0. The monoisotopic (exact) mass is 413 g/mol. The third-order valence-electron chi connectivity index (χ3n) is 5.50. The Hall–Kier alpha value is -2.71. The SMILES string of the molecule is CC1CCN(S(=O)(=O)c2ccc(C(=O)N3CC(=O)Nc4ccccc43)cc2)CC1. The topological polar surface area (TPSA) is 86.8 Å². The second-order valence-corrected chi connectivity index (χ2v) is 9.51. The van der Waals surface area contributed by atoms with Gasteiger partial charge in [0.15, 0.2) is 0 Å². The predicted molar refractivity (Wildman–Crippen MR) is 110 cm³/mol. The average molecular weight is 413 g/mol. The number of amides is 2. The standard InChI is InChI=1S/C21H23N3O4S/c1-15-10-12-23(13-11-15)29(27,28)17-8-6-16(7-9-17)21(26)24-14-20(25)22-18-4-2-3-5-19(18)24/h2-9,15H,10-14H2,1H3,(H,22,25). The lowest BCUT2D eigenvalue weighted by molar-refractivity contribution is -0.115. The lowest BCUT2D eigenvalue weighted by Crippen LogP contribution is -2.42. The molecule has 0 unspecified atom stereocenters. The quantitative estimate of drug-likeness (QED) is 0.838. The van der Waals surface area contributed by atoms with Crippen molar-refractivity contribution >= 4 is 33.2 Å². The third-order valence-corrected chi connectivity index (χ3v) is 7.41. The zero-order valence-corrected chi connectivity index (χ0v) is 17.0. The molecule has 0 spiro atoms. The second-order valence-electron chi connectivity index (χ2n) is 7.57. The molecule has 1 saturated heterocycles. The fraction of sp³-hybridized carbons (Fsp3) is 0.333. The van der Waals surface area contributed by atoms with Gasteiger partial charge in [-0.15, -0.1) is 0 Å². The highest BCUT2D eigenvalue weighted by molar-refractivity contribution is 7.89. The lowest BCUT2D eigenvalue weighted by atomic mass is 10.0. The molecule has 152 valence electrons. The Morgan fingerprint density at radius 1 is 1.03 bits per heavy atom. The van der Waals surface area contributed by atoms with E-state index in [1.807, 2.05) is 0 Å². The van der Waals surface area contributed by atoms with Gasteiger partial charge in [-0.2, -0.15) is 4.31 Å². The van der Waals surface area contributed by atoms with Crippen molar-refractivity contribution in [3.8, 4) is 0 Å². The van der Waals surface area contributed by atoms with Crippen LogP contribution in [0.4, 0.5) is 11.4 Å². The maximum atomic E-state index is 13.0. The van der Waals surface area contributed by atoms with Crippen molar-refractivity contribution in [1.29, 1.82) is 0 Å². The van der Waals surface area contributed by atoms with Crippen LogP contribution in [0.15, 0.2) is 53.4 Å². The molecule has 1 N–H and O–H groups in total. The number of rotatable bonds is 3. The van der Waals surface area contributed by atoms with E-state index in [2.05, 4.69) is 12.2 Å². The minimum Gasteiger partial charge on any atom is -0.323 e. The van der Waals surface area contributed by atoms with E-state index in [0.717, 1.165) is 12.8 Å². The van der Waals surface area contributed by atoms with Gasteiger partial charge in [-0.25, -0.2) is 8.42 Å². The summed E-state index contributed by atoms with van der Waals surface area (Å²) in [6.45, 7) is 3.08. The van der Waals surface area contributed by atoms with Gasteiger partial charge in [-0.1, -0.05) is 19.1 Å². The summed E-state index contributed by atoms with van der Waals surface area (Å²) in [6, 6.07) is 13.0. The van der Waals surface area contributed by atoms with E-state index in [0.29, 0.717) is 35.9 Å². The number of carbonyl (C=O) groups excluding carboxylic acids is 2. The maximum Gasteiger partial charge on any atom is 0.258 e. The van der Waals surface area contributed by atoms with Crippen LogP contribution in [-0.4, -0.2) is 44.2 Å². The number of nitrogens with zero attached hydrogens (tertiary/aromatic N) is 2. The summed E-state index contributed by atoms with van der Waals surface area (Å²) in [5.41, 5.74) is 1.53. The molecule has 0 aliphatic carbocycles. The molecule has 2 heterocycles. The Labute approximate surface area is 170 Å². The highest BCUT2D eigenvalue weighted by atomic mass is 32.2. The van der Waals surface area contributed by atoms with Gasteiger partial charge in [0.25, 0.3) is 5.91 Å². The number of fused-ring (bicyclic) bond motifs is 1. The van der Waals surface area contributed by atoms with Gasteiger partial charge in [-0.3, -0.25) is 14.5 Å². The van der Waals surface area contributed by atoms with Gasteiger partial charge in [0.2, 0.25) is 15.9 Å². The summed E-state index contributed by atoms with van der Waals surface area (Å²) in [5.74, 6) is -0.0790. The van der Waals surface area contributed by atoms with Gasteiger partial charge >= 0.3 is 0 Å². The van der Waals surface area contributed by atoms with E-state index in [9.17, 15) is 18.0 Å². The van der Waals surface area contributed by atoms with E-state index >= 15 is 0 Å². The third kappa shape index (κ3) is 3.77. The van der Waals surface area contributed by atoms with Crippen molar-refractivity contribution < 1.29 is 18.0 Å². The number of sulfonamides is 1. The lowest BCUT2D eigenvalue weighted by Gasteiger charge is -2.30. The summed E-state index contributed by atoms with van der Waals surface area (Å²) in [6.07, 6.45) is 1.71. The number of carbonyl (C=O) groups is 2. The summed E-state index contributed by atoms with van der Waals surface area (Å²) < 4.78 is 27.2. The van der Waals surface area contributed by atoms with Crippen LogP contribution in [0.3, 0.4) is 0 Å². The van der Waals surface area contributed by atoms with E-state index < -0.39 is 10.0 Å². The molecular formula is C21H23N3O4S. The van der Waals surface area contributed by atoms with E-state index in [-0.39, 0.29) is 23.3 Å². The molecule has 4 rings (SSSR count). The number of piperidine rings is 1. The molecule has 2 aliphatic heterocycles. The van der Waals surface area contributed by atoms with E-state index in [1.54, 1.807) is 24.3 Å². The van der Waals surface area contributed by atoms with Crippen LogP contribution in [0.1, 0.15) is 30.1 Å². The predicted octanol–water partition coefficient (Wildman–Crippen LogP) is 2.71. The molecule has 7 nitrogen and oxygen atoms in total. The minimum absolute atomic E-state index is 0.0815. The van der Waals surface area contributed by atoms with Gasteiger partial charge < -0.3 is 5.32 Å². The van der Waals surface area contributed by atoms with Crippen molar-refractivity contribution in [3.63, 3.8) is 0 Å². The molecule has 8 heteroatoms. The summed E-state index contributed by atoms with van der Waals surface area (Å²) in [7, 11) is -3.57. The van der Waals surface area contributed by atoms with E-state index in [1.165, 1.54) is 33.5 Å². The Morgan fingerprint density at radius 3 is 2.38 bits per heavy atom. The summed E-state index contributed by atoms with van der Waals surface area (Å²) in [5, 5.41) is 2.75. The first kappa shape index (κ1) is 19.6. The van der Waals surface area contributed by atoms with Gasteiger partial charge in [0, 0.05) is 18.7 Å². The number of hydrogen-bond donors (Lipinski definition) is 1. The van der Waals surface area contributed by atoms with Crippen molar-refractivity contribution in [2.75, 3.05) is 29.9 Å². The first-order chi connectivity index (χ1) is 13.9. The second kappa shape index (κ2) is 7.61. The zero-order chi connectivity index (χ0) is 20.6. The van der Waals surface area contributed by atoms with Crippen LogP contribution in [0.2, 0.25) is 0 Å². The molecule has 2 aromatic rings. The minimum atomic E-state index is -3.57. The average Bonchev–Trinajstić information content (AvgIpc) is 2.73. The molecule has 0 bridgehead atoms. The fourth-order valence-corrected chi connectivity index (χ4v) is 5.18. The van der Waals surface area contributed by atoms with Gasteiger partial charge in [-0.05, 0) is 55.2 Å². The zero-order valence-electron chi connectivity index (χ0n) is 16.2. The van der Waals surface area contributed by atoms with Crippen LogP contribution in [0.25, 0.3) is 0 Å². The molecule has 1 fully saturated rings. The Bertz CT molecular complexity index is 1040. The van der Waals surface area contributed by atoms with Crippen LogP contribution < -0.4 is 10.2 Å². The van der Waals surface area contributed by atoms with Gasteiger partial charge in [0.05, 0.1) is 16.3 Å². The largest absolute Gasteiger partial charge is 0.323 e. The molecule has 0 saturated carbocycles. The number of hydrogen-bond acceptors (Lipinski definition) is 4. The number of anilines is 2. The molecule has 0 atom stereocenters. The smallest absolute Gasteiger partial charge is 0.258 e. The summed E-state index contributed by atoms with van der Waals surface area (Å²) >= 11 is 0. The van der Waals surface area contributed by atoms with Crippen LogP contribution >= 0.6 is 0 Å². The molecule has 0 radical (unpaired) electrons. The van der Waals surface area contributed by atoms with Crippen molar-refractivity contribution in [1.82, 2.24) is 4.31 Å². The Balaban J connectivity index is 1.57. The Kier molecular flexibility index (Phi) is 5.14. The number of benzene rings is 2. The van der Waals surface area contributed by atoms with Crippen LogP contribution in [0, 0.1) is 5.92 Å². The number of para-hydroxylation sites is 2. The summed E-state index contributed by atoms with van der Waals surface area (Å²) in [4.78, 5) is 26.5. The van der Waals surface area contributed by atoms with Crippen molar-refractivity contribution in [2.45, 2.75) is 24.7 Å². The molecule has 29 heavy (non-hydrogen) atoms. The normalized spacial score (nSPS) is 18.2. The first-order valence-electron chi connectivity index (χ1n) is 9.67. The Morgan fingerprint density at radius 2 is 1.69 bits per heavy atom. The van der Waals surface area contributed by atoms with E-state index in [4.69, 9.17) is 0 Å². The highest BCUT2D eigenvalue weighted by Crippen LogP contribution is 2.30. The molecule has 0 aromatic heterocycles. The molecule has 2 amide bonds. The number of nitrogens with one attached hydrogen (secondary N) is 1. The highest BCUT2D eigenvalue weighted by Gasteiger charge is 2.30. The van der Waals surface area contributed by atoms with Crippen LogP contribution in [0.5, 0.6) is 0 Å². The first-order valence-corrected chi connectivity index (χ1v) is 11.1. The van der Waals surface area contributed by atoms with Crippen molar-refractivity contribution in [2.24, 2.45) is 5.92 Å². The molecule has 2 aromatic carbocycles. The molecular weight excluding hydrogens is 390 g/mol. The van der Waals surface area contributed by atoms with Crippen LogP contribution in [-0.2, 0) is 14.8 Å². The molecule has 2 aliphatic rings. The van der Waals surface area contributed by atoms with Gasteiger partial charge in [0.1, 0.15) is 6.54 Å². The van der Waals surface area contributed by atoms with Crippen molar-refractivity contribution in [3.05, 3.63) is 54.1 Å². The fourth-order valence-electron chi connectivity index (χ4n) is 3.71.